The van der Waals surface area contributed by atoms with Gasteiger partial charge in [-0.2, -0.15) is 57.1 Å². The van der Waals surface area contributed by atoms with Gasteiger partial charge in [-0.25, -0.2) is 0 Å². The Morgan fingerprint density at radius 2 is 0.913 bits per heavy atom. The molecule has 0 aliphatic rings. The molecular weight excluding hydrogens is 371 g/mol. The van der Waals surface area contributed by atoms with Gasteiger partial charge in [-0.05, 0) is 6.08 Å². The maximum atomic E-state index is 12.9. The number of hydrogen-bond donors (Lipinski definition) is 1. The zero-order chi connectivity index (χ0) is 19.1. The molecule has 0 bridgehead atoms. The van der Waals surface area contributed by atoms with Crippen LogP contribution in [0.5, 0.6) is 0 Å². The van der Waals surface area contributed by atoms with Crippen molar-refractivity contribution in [1.29, 1.82) is 0 Å². The lowest BCUT2D eigenvalue weighted by molar-refractivity contribution is -0.436. The van der Waals surface area contributed by atoms with Crippen LogP contribution in [0.2, 0.25) is 0 Å². The summed E-state index contributed by atoms with van der Waals surface area (Å²) in [5.74, 6) is -37.1. The maximum absolute atomic E-state index is 12.9. The molecule has 1 N–H and O–H groups in total. The summed E-state index contributed by atoms with van der Waals surface area (Å²) >= 11 is 0. The third kappa shape index (κ3) is 3.08. The van der Waals surface area contributed by atoms with Crippen molar-refractivity contribution in [3.05, 3.63) is 12.2 Å². The predicted octanol–water partition coefficient (Wildman–Crippen LogP) is 4.27. The largest absolute Gasteiger partial charge is 0.460 e. The zero-order valence-corrected chi connectivity index (χ0v) is 10.2. The highest BCUT2D eigenvalue weighted by atomic mass is 19.4. The molecule has 0 radical (unpaired) electrons. The molecule has 0 atom stereocenters. The molecule has 0 unspecified atom stereocenters. The monoisotopic (exact) mass is 376 g/mol. The van der Waals surface area contributed by atoms with E-state index in [0.717, 1.165) is 0 Å². The molecule has 23 heavy (non-hydrogen) atoms. The fourth-order valence-electron chi connectivity index (χ4n) is 1.09. The van der Waals surface area contributed by atoms with Crippen molar-refractivity contribution in [2.24, 2.45) is 0 Å². The van der Waals surface area contributed by atoms with Crippen LogP contribution in [0.1, 0.15) is 0 Å². The van der Waals surface area contributed by atoms with Gasteiger partial charge in [0.15, 0.2) is 0 Å². The molecule has 0 aromatic carbocycles. The van der Waals surface area contributed by atoms with Gasteiger partial charge in [-0.3, -0.25) is 0 Å². The summed E-state index contributed by atoms with van der Waals surface area (Å²) in [6.07, 6.45) is -8.99. The average molecular weight is 376 g/mol. The summed E-state index contributed by atoms with van der Waals surface area (Å²) in [5, 5.41) is 8.02. The Balaban J connectivity index is 6.19. The second-order valence-electron chi connectivity index (χ2n) is 4.00. The molecule has 0 aliphatic heterocycles. The summed E-state index contributed by atoms with van der Waals surface area (Å²) in [4.78, 5) is 0. The molecule has 1 nitrogen and oxygen atoms in total. The molecule has 0 saturated heterocycles. The van der Waals surface area contributed by atoms with E-state index in [0.29, 0.717) is 0 Å². The predicted molar refractivity (Wildman–Crippen MR) is 47.0 cm³/mol. The number of hydrogen-bond acceptors (Lipinski definition) is 1. The minimum atomic E-state index is -7.90. The van der Waals surface area contributed by atoms with E-state index >= 15 is 0 Å². The van der Waals surface area contributed by atoms with Crippen molar-refractivity contribution < 1.29 is 62.2 Å². The van der Waals surface area contributed by atoms with E-state index in [-0.39, 0.29) is 6.08 Å². The Hall–Kier alpha value is -1.21. The van der Waals surface area contributed by atoms with Gasteiger partial charge in [0, 0.05) is 0 Å². The molecule has 0 aliphatic carbocycles. The molecule has 0 aromatic heterocycles. The fourth-order valence-corrected chi connectivity index (χ4v) is 1.09. The highest BCUT2D eigenvalue weighted by Crippen LogP contribution is 2.60. The molecule has 0 heterocycles. The molecule has 14 heteroatoms. The zero-order valence-electron chi connectivity index (χ0n) is 10.2. The Labute approximate surface area is 118 Å². The molecule has 0 saturated carbocycles. The SMILES string of the molecule is OC/C=C/C(F)(F)C(F)(F)C(F)(F)C(F)(F)C(F)(F)C(F)(F)F. The molecule has 138 valence electrons. The van der Waals surface area contributed by atoms with Crippen LogP contribution in [-0.4, -0.2) is 47.5 Å². The summed E-state index contributed by atoms with van der Waals surface area (Å²) in [6, 6.07) is 0. The molecule has 0 rings (SSSR count). The van der Waals surface area contributed by atoms with E-state index in [4.69, 9.17) is 5.11 Å². The van der Waals surface area contributed by atoms with Gasteiger partial charge < -0.3 is 5.11 Å². The van der Waals surface area contributed by atoms with Crippen LogP contribution in [0.15, 0.2) is 12.2 Å². The standard InChI is InChI=1S/C9H5F13O/c10-4(11,2-1-3-23)5(12,13)6(14,15)7(16,17)8(18,19)9(20,21)22/h1-2,23H,3H2/b2-1+. The summed E-state index contributed by atoms with van der Waals surface area (Å²) in [7, 11) is 0. The molecular formula is C9H5F13O. The number of rotatable bonds is 6. The van der Waals surface area contributed by atoms with Gasteiger partial charge in [0.25, 0.3) is 0 Å². The van der Waals surface area contributed by atoms with Gasteiger partial charge in [-0.15, -0.1) is 0 Å². The van der Waals surface area contributed by atoms with Crippen molar-refractivity contribution >= 4 is 0 Å². The van der Waals surface area contributed by atoms with E-state index in [1.165, 1.54) is 0 Å². The average Bonchev–Trinajstić information content (AvgIpc) is 2.34. The van der Waals surface area contributed by atoms with Crippen molar-refractivity contribution in [2.45, 2.75) is 35.8 Å². The van der Waals surface area contributed by atoms with E-state index in [9.17, 15) is 57.1 Å². The smallest absolute Gasteiger partial charge is 0.392 e. The lowest BCUT2D eigenvalue weighted by Crippen LogP contribution is -2.69. The Bertz CT molecular complexity index is 447. The lowest BCUT2D eigenvalue weighted by atomic mass is 9.94. The number of halogens is 13. The van der Waals surface area contributed by atoms with Crippen LogP contribution < -0.4 is 0 Å². The van der Waals surface area contributed by atoms with Gasteiger partial charge >= 0.3 is 35.8 Å². The Morgan fingerprint density at radius 3 is 1.22 bits per heavy atom. The Kier molecular flexibility index (Phi) is 5.40. The van der Waals surface area contributed by atoms with Crippen LogP contribution >= 0.6 is 0 Å². The van der Waals surface area contributed by atoms with E-state index in [2.05, 4.69) is 0 Å². The number of aliphatic hydroxyl groups is 1. The van der Waals surface area contributed by atoms with Gasteiger partial charge in [0.2, 0.25) is 0 Å². The first-order chi connectivity index (χ1) is 9.81. The topological polar surface area (TPSA) is 20.2 Å². The van der Waals surface area contributed by atoms with E-state index in [1.807, 2.05) is 0 Å². The fraction of sp³-hybridized carbons (Fsp3) is 0.778. The molecule has 0 spiro atoms. The second-order valence-corrected chi connectivity index (χ2v) is 4.00. The first kappa shape index (κ1) is 21.8. The third-order valence-electron chi connectivity index (χ3n) is 2.39. The normalized spacial score (nSPS) is 16.3. The van der Waals surface area contributed by atoms with Crippen LogP contribution in [0.4, 0.5) is 57.1 Å². The van der Waals surface area contributed by atoms with E-state index in [1.54, 1.807) is 0 Å². The highest BCUT2D eigenvalue weighted by Gasteiger charge is 2.90. The molecule has 0 fully saturated rings. The Morgan fingerprint density at radius 1 is 0.565 bits per heavy atom. The first-order valence-corrected chi connectivity index (χ1v) is 5.05. The lowest BCUT2D eigenvalue weighted by Gasteiger charge is -2.39. The second kappa shape index (κ2) is 5.70. The summed E-state index contributed by atoms with van der Waals surface area (Å²) < 4.78 is 162. The quantitative estimate of drug-likeness (QED) is 0.542. The van der Waals surface area contributed by atoms with Crippen LogP contribution in [0.25, 0.3) is 0 Å². The number of aliphatic hydroxyl groups excluding tert-OH is 1. The minimum absolute atomic E-state index is 0.329. The third-order valence-corrected chi connectivity index (χ3v) is 2.39. The van der Waals surface area contributed by atoms with Crippen LogP contribution in [-0.2, 0) is 0 Å². The van der Waals surface area contributed by atoms with E-state index < -0.39 is 48.5 Å². The van der Waals surface area contributed by atoms with Gasteiger partial charge in [0.05, 0.1) is 6.61 Å². The highest BCUT2D eigenvalue weighted by molar-refractivity contribution is 5.15. The van der Waals surface area contributed by atoms with Gasteiger partial charge in [0.1, 0.15) is 0 Å². The number of allylic oxidation sites excluding steroid dienone is 1. The van der Waals surface area contributed by atoms with Crippen LogP contribution in [0.3, 0.4) is 0 Å². The molecule has 0 amide bonds. The molecule has 0 aromatic rings. The van der Waals surface area contributed by atoms with Crippen LogP contribution in [0, 0.1) is 0 Å². The summed E-state index contributed by atoms with van der Waals surface area (Å²) in [6.45, 7) is -1.47. The van der Waals surface area contributed by atoms with Crippen molar-refractivity contribution in [3.8, 4) is 0 Å². The maximum Gasteiger partial charge on any atom is 0.460 e. The van der Waals surface area contributed by atoms with Crippen molar-refractivity contribution in [2.75, 3.05) is 6.61 Å². The minimum Gasteiger partial charge on any atom is -0.392 e. The summed E-state index contributed by atoms with van der Waals surface area (Å²) in [5.41, 5.74) is 0. The number of alkyl halides is 13. The van der Waals surface area contributed by atoms with Crippen molar-refractivity contribution in [3.63, 3.8) is 0 Å². The van der Waals surface area contributed by atoms with Gasteiger partial charge in [-0.1, -0.05) is 6.08 Å². The first-order valence-electron chi connectivity index (χ1n) is 5.05. The van der Waals surface area contributed by atoms with Crippen molar-refractivity contribution in [1.82, 2.24) is 0 Å².